The third-order valence-corrected chi connectivity index (χ3v) is 11.6. The molecule has 54 heavy (non-hydrogen) atoms. The number of benzene rings is 9. The third-order valence-electron chi connectivity index (χ3n) is 11.6. The normalized spacial score (nSPS) is 13.1. The molecule has 0 unspecified atom stereocenters. The zero-order valence-electron chi connectivity index (χ0n) is 29.9. The van der Waals surface area contributed by atoms with Crippen LogP contribution in [-0.2, 0) is 5.41 Å². The van der Waals surface area contributed by atoms with Gasteiger partial charge in [-0.2, -0.15) is 0 Å². The molecule has 0 bridgehead atoms. The third kappa shape index (κ3) is 4.51. The molecule has 10 rings (SSSR count). The average molecular weight is 689 g/mol. The van der Waals surface area contributed by atoms with Gasteiger partial charge >= 0.3 is 0 Å². The highest BCUT2D eigenvalue weighted by atomic mass is 16.3. The Balaban J connectivity index is 1.28. The molecule has 0 fully saturated rings. The number of fused-ring (bicyclic) bond motifs is 9. The molecular formula is C49H33B2NO2. The maximum absolute atomic E-state index is 12.3. The molecule has 9 aromatic rings. The van der Waals surface area contributed by atoms with Gasteiger partial charge in [0.25, 0.3) is 0 Å². The van der Waals surface area contributed by atoms with E-state index in [1.54, 1.807) is 0 Å². The molecule has 0 spiro atoms. The molecule has 0 aliphatic heterocycles. The predicted octanol–water partition coefficient (Wildman–Crippen LogP) is 10.7. The number of hydrogen-bond donors (Lipinski definition) is 2. The van der Waals surface area contributed by atoms with Gasteiger partial charge in [-0.1, -0.05) is 141 Å². The van der Waals surface area contributed by atoms with Crippen LogP contribution in [0.1, 0.15) is 25.0 Å². The van der Waals surface area contributed by atoms with Gasteiger partial charge in [0, 0.05) is 22.2 Å². The molecular weight excluding hydrogens is 656 g/mol. The Kier molecular flexibility index (Phi) is 7.03. The van der Waals surface area contributed by atoms with Crippen molar-refractivity contribution in [3.8, 4) is 33.8 Å². The van der Waals surface area contributed by atoms with Crippen LogP contribution < -0.4 is 15.8 Å². The lowest BCUT2D eigenvalue weighted by Gasteiger charge is -2.33. The van der Waals surface area contributed by atoms with Crippen LogP contribution in [0.2, 0.25) is 0 Å². The predicted molar refractivity (Wildman–Crippen MR) is 228 cm³/mol. The van der Waals surface area contributed by atoms with Crippen LogP contribution in [0.5, 0.6) is 11.5 Å². The van der Waals surface area contributed by atoms with Crippen LogP contribution in [0.15, 0.2) is 152 Å². The van der Waals surface area contributed by atoms with Crippen LogP contribution in [0.3, 0.4) is 0 Å². The van der Waals surface area contributed by atoms with E-state index in [4.69, 9.17) is 15.7 Å². The van der Waals surface area contributed by atoms with Crippen molar-refractivity contribution >= 4 is 86.8 Å². The van der Waals surface area contributed by atoms with Gasteiger partial charge in [-0.3, -0.25) is 0 Å². The molecule has 0 amide bonds. The molecule has 2 N–H and O–H groups in total. The molecule has 3 nitrogen and oxygen atoms in total. The fourth-order valence-electron chi connectivity index (χ4n) is 8.95. The second-order valence-corrected chi connectivity index (χ2v) is 14.8. The van der Waals surface area contributed by atoms with Gasteiger partial charge in [-0.05, 0) is 101 Å². The van der Waals surface area contributed by atoms with Crippen LogP contribution in [0.4, 0.5) is 17.1 Å². The number of aromatic hydroxyl groups is 2. The molecule has 0 aromatic heterocycles. The van der Waals surface area contributed by atoms with Gasteiger partial charge in [0.2, 0.25) is 0 Å². The van der Waals surface area contributed by atoms with Crippen molar-refractivity contribution in [2.45, 2.75) is 19.3 Å². The number of anilines is 3. The molecule has 252 valence electrons. The van der Waals surface area contributed by atoms with E-state index in [9.17, 15) is 10.2 Å². The van der Waals surface area contributed by atoms with Crippen LogP contribution >= 0.6 is 0 Å². The highest BCUT2D eigenvalue weighted by molar-refractivity contribution is 6.48. The minimum atomic E-state index is -0.276. The summed E-state index contributed by atoms with van der Waals surface area (Å²) in [6, 6.07) is 51.8. The molecule has 0 saturated carbocycles. The lowest BCUT2D eigenvalue weighted by Crippen LogP contribution is -2.29. The molecule has 0 heterocycles. The first-order valence-corrected chi connectivity index (χ1v) is 18.2. The Bertz CT molecular complexity index is 3010. The van der Waals surface area contributed by atoms with E-state index in [2.05, 4.69) is 98.8 Å². The fourth-order valence-corrected chi connectivity index (χ4v) is 8.95. The smallest absolute Gasteiger partial charge is 0.122 e. The van der Waals surface area contributed by atoms with Crippen LogP contribution in [0.25, 0.3) is 65.3 Å². The Morgan fingerprint density at radius 2 is 0.963 bits per heavy atom. The summed E-state index contributed by atoms with van der Waals surface area (Å²) in [4.78, 5) is 2.01. The molecule has 9 aromatic carbocycles. The summed E-state index contributed by atoms with van der Waals surface area (Å²) in [7, 11) is 14.3. The number of nitrogens with zero attached hydrogens (tertiary/aromatic N) is 1. The topological polar surface area (TPSA) is 43.7 Å². The molecule has 0 saturated heterocycles. The monoisotopic (exact) mass is 689 g/mol. The van der Waals surface area contributed by atoms with E-state index in [0.29, 0.717) is 11.3 Å². The van der Waals surface area contributed by atoms with Crippen molar-refractivity contribution in [2.24, 2.45) is 0 Å². The van der Waals surface area contributed by atoms with E-state index in [1.807, 2.05) is 71.6 Å². The fraction of sp³-hybridized carbons (Fsp3) is 0.0612. The first-order chi connectivity index (χ1) is 26.2. The second-order valence-electron chi connectivity index (χ2n) is 14.8. The summed E-state index contributed by atoms with van der Waals surface area (Å²) in [5, 5.41) is 32.7. The largest absolute Gasteiger partial charge is 0.508 e. The Hall–Kier alpha value is -6.45. The molecule has 1 aliphatic carbocycles. The maximum atomic E-state index is 12.3. The highest BCUT2D eigenvalue weighted by Crippen LogP contribution is 2.52. The van der Waals surface area contributed by atoms with E-state index in [0.717, 1.165) is 54.5 Å². The van der Waals surface area contributed by atoms with Crippen molar-refractivity contribution in [3.63, 3.8) is 0 Å². The first kappa shape index (κ1) is 32.2. The van der Waals surface area contributed by atoms with Crippen molar-refractivity contribution in [1.29, 1.82) is 0 Å². The summed E-state index contributed by atoms with van der Waals surface area (Å²) in [5.74, 6) is -0.470. The second kappa shape index (κ2) is 11.8. The SMILES string of the molecule is [B]c1c(O)c(-c2cc3ccccc3c3ccccc23)c(O)c([B])c1N(c1ccc2c(c1)C(C)(C)c1ccccc1-2)c1cc2ccccc2c2ccccc12. The number of phenols is 2. The zero-order chi connectivity index (χ0) is 36.9. The van der Waals surface area contributed by atoms with Crippen molar-refractivity contribution < 1.29 is 10.2 Å². The molecule has 1 aliphatic rings. The van der Waals surface area contributed by atoms with E-state index >= 15 is 0 Å². The summed E-state index contributed by atoms with van der Waals surface area (Å²) < 4.78 is 0. The van der Waals surface area contributed by atoms with Gasteiger partial charge in [0.15, 0.2) is 0 Å². The van der Waals surface area contributed by atoms with Crippen LogP contribution in [0, 0.1) is 0 Å². The van der Waals surface area contributed by atoms with Gasteiger partial charge in [0.1, 0.15) is 27.2 Å². The average Bonchev–Trinajstić information content (AvgIpc) is 3.44. The van der Waals surface area contributed by atoms with E-state index < -0.39 is 0 Å². The van der Waals surface area contributed by atoms with Gasteiger partial charge in [-0.15, -0.1) is 0 Å². The van der Waals surface area contributed by atoms with E-state index in [-0.39, 0.29) is 33.4 Å². The van der Waals surface area contributed by atoms with Crippen molar-refractivity contribution in [1.82, 2.24) is 0 Å². The van der Waals surface area contributed by atoms with Crippen molar-refractivity contribution in [2.75, 3.05) is 4.90 Å². The van der Waals surface area contributed by atoms with Crippen LogP contribution in [-0.4, -0.2) is 25.9 Å². The zero-order valence-corrected chi connectivity index (χ0v) is 29.9. The van der Waals surface area contributed by atoms with Gasteiger partial charge < -0.3 is 15.1 Å². The standard InChI is InChI=1S/C49H33B2NO2/c1-49(2)40-22-12-11-20-36(40)37-24-23-30(27-41(37)49)52(42-26-29-14-4-6-16-32(29)34-18-9-10-21-38(34)42)46-44(50)47(53)43(48(54)45(46)51)39-25-28-13-3-5-15-31(28)33-17-7-8-19-35(33)39/h3-27,53-54H,1-2H3. The van der Waals surface area contributed by atoms with Gasteiger partial charge in [-0.25, -0.2) is 0 Å². The maximum Gasteiger partial charge on any atom is 0.122 e. The summed E-state index contributed by atoms with van der Waals surface area (Å²) in [6.07, 6.45) is 0. The number of hydrogen-bond acceptors (Lipinski definition) is 3. The Labute approximate surface area is 316 Å². The highest BCUT2D eigenvalue weighted by Gasteiger charge is 2.36. The molecule has 5 heteroatoms. The Morgan fingerprint density at radius 1 is 0.463 bits per heavy atom. The van der Waals surface area contributed by atoms with E-state index in [1.165, 1.54) is 22.3 Å². The first-order valence-electron chi connectivity index (χ1n) is 18.2. The summed E-state index contributed by atoms with van der Waals surface area (Å²) in [6.45, 7) is 4.50. The number of phenolic OH excluding ortho intramolecular Hbond substituents is 2. The lowest BCUT2D eigenvalue weighted by molar-refractivity contribution is 0.460. The number of rotatable bonds is 4. The van der Waals surface area contributed by atoms with Gasteiger partial charge in [0.05, 0.1) is 11.3 Å². The molecule has 4 radical (unpaired) electrons. The summed E-state index contributed by atoms with van der Waals surface area (Å²) >= 11 is 0. The summed E-state index contributed by atoms with van der Waals surface area (Å²) in [5.41, 5.74) is 7.45. The quantitative estimate of drug-likeness (QED) is 0.143. The Morgan fingerprint density at radius 3 is 1.63 bits per heavy atom. The van der Waals surface area contributed by atoms with Crippen molar-refractivity contribution in [3.05, 3.63) is 163 Å². The minimum absolute atomic E-state index is 0.0674. The molecule has 0 atom stereocenters. The minimum Gasteiger partial charge on any atom is -0.508 e. The lowest BCUT2D eigenvalue weighted by atomic mass is 9.77.